The fourth-order valence-electron chi connectivity index (χ4n) is 2.16. The molecule has 2 N–H and O–H groups in total. The summed E-state index contributed by atoms with van der Waals surface area (Å²) in [7, 11) is 0. The van der Waals surface area contributed by atoms with Gasteiger partial charge in [-0.3, -0.25) is 0 Å². The van der Waals surface area contributed by atoms with Gasteiger partial charge in [0.1, 0.15) is 0 Å². The van der Waals surface area contributed by atoms with E-state index in [9.17, 15) is 0 Å². The molecular formula is C11H22N2S2. The number of nitrogens with two attached hydrogens (primary N) is 1. The van der Waals surface area contributed by atoms with Crippen molar-refractivity contribution in [2.45, 2.75) is 31.4 Å². The maximum absolute atomic E-state index is 5.85. The van der Waals surface area contributed by atoms with Crippen molar-refractivity contribution >= 4 is 29.0 Å². The molecule has 1 saturated heterocycles. The maximum Gasteiger partial charge on any atom is 0.0891 e. The monoisotopic (exact) mass is 246 g/mol. The molecule has 0 bridgehead atoms. The Balaban J connectivity index is 2.50. The number of thiocarbonyl (C=S) groups is 1. The second kappa shape index (κ2) is 5.51. The van der Waals surface area contributed by atoms with Crippen molar-refractivity contribution in [1.82, 2.24) is 4.90 Å². The highest BCUT2D eigenvalue weighted by atomic mass is 32.2. The van der Waals surface area contributed by atoms with Crippen LogP contribution in [0.4, 0.5) is 0 Å². The summed E-state index contributed by atoms with van der Waals surface area (Å²) in [6.07, 6.45) is 4.34. The summed E-state index contributed by atoms with van der Waals surface area (Å²) in [5, 5.41) is 0. The van der Waals surface area contributed by atoms with Crippen LogP contribution in [0, 0.1) is 5.92 Å². The Morgan fingerprint density at radius 2 is 2.00 bits per heavy atom. The van der Waals surface area contributed by atoms with E-state index in [1.165, 1.54) is 6.54 Å². The molecule has 1 heterocycles. The average molecular weight is 246 g/mol. The van der Waals surface area contributed by atoms with Crippen LogP contribution in [0.5, 0.6) is 0 Å². The molecular weight excluding hydrogens is 224 g/mol. The number of hydrogen-bond acceptors (Lipinski definition) is 3. The quantitative estimate of drug-likeness (QED) is 0.770. The molecule has 0 unspecified atom stereocenters. The van der Waals surface area contributed by atoms with Gasteiger partial charge in [-0.05, 0) is 38.1 Å². The zero-order valence-corrected chi connectivity index (χ0v) is 11.6. The Labute approximate surface area is 103 Å². The third kappa shape index (κ3) is 3.33. The molecule has 0 spiro atoms. The molecule has 0 amide bonds. The molecule has 15 heavy (non-hydrogen) atoms. The van der Waals surface area contributed by atoms with Gasteiger partial charge in [-0.25, -0.2) is 0 Å². The van der Waals surface area contributed by atoms with Gasteiger partial charge >= 0.3 is 0 Å². The molecule has 4 heteroatoms. The second-order valence-electron chi connectivity index (χ2n) is 4.76. The highest BCUT2D eigenvalue weighted by Crippen LogP contribution is 2.34. The van der Waals surface area contributed by atoms with E-state index >= 15 is 0 Å². The van der Waals surface area contributed by atoms with Crippen LogP contribution < -0.4 is 5.73 Å². The topological polar surface area (TPSA) is 29.3 Å². The van der Waals surface area contributed by atoms with Crippen LogP contribution in [0.2, 0.25) is 0 Å². The second-order valence-corrected chi connectivity index (χ2v) is 6.39. The first-order valence-corrected chi connectivity index (χ1v) is 7.21. The SMILES string of the molecule is CSC1(C(N)=S)CCN(CC(C)C)CC1. The molecule has 0 aromatic carbocycles. The molecule has 0 atom stereocenters. The number of hydrogen-bond donors (Lipinski definition) is 1. The van der Waals surface area contributed by atoms with Gasteiger partial charge in [-0.2, -0.15) is 11.8 Å². The van der Waals surface area contributed by atoms with E-state index in [0.717, 1.165) is 31.8 Å². The lowest BCUT2D eigenvalue weighted by molar-refractivity contribution is 0.199. The number of likely N-dealkylation sites (tertiary alicyclic amines) is 1. The van der Waals surface area contributed by atoms with Gasteiger partial charge in [0.15, 0.2) is 0 Å². The van der Waals surface area contributed by atoms with Crippen molar-refractivity contribution in [1.29, 1.82) is 0 Å². The molecule has 88 valence electrons. The highest BCUT2D eigenvalue weighted by molar-refractivity contribution is 8.01. The lowest BCUT2D eigenvalue weighted by Gasteiger charge is -2.40. The summed E-state index contributed by atoms with van der Waals surface area (Å²) in [4.78, 5) is 3.22. The fourth-order valence-corrected chi connectivity index (χ4v) is 3.41. The molecule has 2 nitrogen and oxygen atoms in total. The molecule has 0 radical (unpaired) electrons. The summed E-state index contributed by atoms with van der Waals surface area (Å²) >= 11 is 7.02. The van der Waals surface area contributed by atoms with Gasteiger partial charge in [0.2, 0.25) is 0 Å². The van der Waals surface area contributed by atoms with E-state index in [2.05, 4.69) is 25.0 Å². The van der Waals surface area contributed by atoms with Gasteiger partial charge < -0.3 is 10.6 Å². The van der Waals surface area contributed by atoms with E-state index in [1.807, 2.05) is 11.8 Å². The Morgan fingerprint density at radius 1 is 1.47 bits per heavy atom. The molecule has 0 aromatic heterocycles. The Morgan fingerprint density at radius 3 is 2.33 bits per heavy atom. The molecule has 0 aromatic rings. The van der Waals surface area contributed by atoms with Crippen LogP contribution in [-0.4, -0.2) is 40.5 Å². The third-order valence-electron chi connectivity index (χ3n) is 3.13. The standard InChI is InChI=1S/C11H22N2S2/c1-9(2)8-13-6-4-11(15-3,5-7-13)10(12)14/h9H,4-8H2,1-3H3,(H2,12,14). The molecule has 1 fully saturated rings. The van der Waals surface area contributed by atoms with Crippen LogP contribution in [0.3, 0.4) is 0 Å². The average Bonchev–Trinajstić information content (AvgIpc) is 2.18. The summed E-state index contributed by atoms with van der Waals surface area (Å²) in [5.74, 6) is 0.747. The minimum absolute atomic E-state index is 0.0722. The summed E-state index contributed by atoms with van der Waals surface area (Å²) in [6, 6.07) is 0. The van der Waals surface area contributed by atoms with Crippen LogP contribution in [-0.2, 0) is 0 Å². The Kier molecular flexibility index (Phi) is 4.87. The van der Waals surface area contributed by atoms with E-state index in [-0.39, 0.29) is 4.75 Å². The van der Waals surface area contributed by atoms with Crippen molar-refractivity contribution in [3.63, 3.8) is 0 Å². The van der Waals surface area contributed by atoms with Gasteiger partial charge in [-0.15, -0.1) is 0 Å². The summed E-state index contributed by atoms with van der Waals surface area (Å²) < 4.78 is 0.0722. The molecule has 0 aliphatic carbocycles. The Hall–Kier alpha value is 0.200. The summed E-state index contributed by atoms with van der Waals surface area (Å²) in [6.45, 7) is 8.00. The first-order valence-electron chi connectivity index (χ1n) is 5.57. The fraction of sp³-hybridized carbons (Fsp3) is 0.909. The predicted octanol–water partition coefficient (Wildman–Crippen LogP) is 2.13. The van der Waals surface area contributed by atoms with E-state index in [4.69, 9.17) is 18.0 Å². The lowest BCUT2D eigenvalue weighted by Crippen LogP contribution is -2.49. The van der Waals surface area contributed by atoms with Crippen LogP contribution in [0.15, 0.2) is 0 Å². The Bertz CT molecular complexity index is 221. The van der Waals surface area contributed by atoms with Crippen molar-refractivity contribution in [2.75, 3.05) is 25.9 Å². The summed E-state index contributed by atoms with van der Waals surface area (Å²) in [5.41, 5.74) is 5.85. The predicted molar refractivity (Wildman–Crippen MR) is 73.5 cm³/mol. The molecule has 1 rings (SSSR count). The number of nitrogens with zero attached hydrogens (tertiary/aromatic N) is 1. The highest BCUT2D eigenvalue weighted by Gasteiger charge is 2.36. The van der Waals surface area contributed by atoms with Crippen molar-refractivity contribution < 1.29 is 0 Å². The number of thioether (sulfide) groups is 1. The minimum atomic E-state index is 0.0722. The van der Waals surface area contributed by atoms with Crippen molar-refractivity contribution in [2.24, 2.45) is 11.7 Å². The zero-order valence-electron chi connectivity index (χ0n) is 9.95. The van der Waals surface area contributed by atoms with Crippen molar-refractivity contribution in [3.05, 3.63) is 0 Å². The van der Waals surface area contributed by atoms with Gasteiger partial charge in [0.05, 0.1) is 9.74 Å². The first kappa shape index (κ1) is 13.3. The lowest BCUT2D eigenvalue weighted by atomic mass is 9.95. The third-order valence-corrected chi connectivity index (χ3v) is 5.06. The molecule has 0 saturated carbocycles. The van der Waals surface area contributed by atoms with E-state index in [1.54, 1.807) is 0 Å². The molecule has 1 aliphatic rings. The van der Waals surface area contributed by atoms with Crippen LogP contribution in [0.25, 0.3) is 0 Å². The minimum Gasteiger partial charge on any atom is -0.392 e. The first-order chi connectivity index (χ1) is 7.00. The largest absolute Gasteiger partial charge is 0.392 e. The number of piperidine rings is 1. The molecule has 1 aliphatic heterocycles. The van der Waals surface area contributed by atoms with Gasteiger partial charge in [-0.1, -0.05) is 26.1 Å². The van der Waals surface area contributed by atoms with Gasteiger partial charge in [0.25, 0.3) is 0 Å². The van der Waals surface area contributed by atoms with Crippen LogP contribution in [0.1, 0.15) is 26.7 Å². The maximum atomic E-state index is 5.85. The van der Waals surface area contributed by atoms with Crippen molar-refractivity contribution in [3.8, 4) is 0 Å². The number of rotatable bonds is 4. The van der Waals surface area contributed by atoms with Crippen LogP contribution >= 0.6 is 24.0 Å². The zero-order chi connectivity index (χ0) is 11.5. The smallest absolute Gasteiger partial charge is 0.0891 e. The van der Waals surface area contributed by atoms with E-state index < -0.39 is 0 Å². The van der Waals surface area contributed by atoms with E-state index in [0.29, 0.717) is 4.99 Å². The normalized spacial score (nSPS) is 21.9. The van der Waals surface area contributed by atoms with Gasteiger partial charge in [0, 0.05) is 6.54 Å².